The Morgan fingerprint density at radius 2 is 2.06 bits per heavy atom. The van der Waals surface area contributed by atoms with Crippen LogP contribution >= 0.6 is 0 Å². The lowest BCUT2D eigenvalue weighted by molar-refractivity contribution is 0.0697. The molecule has 0 amide bonds. The Bertz CT molecular complexity index is 372. The molecule has 0 fully saturated rings. The number of aromatic carboxylic acids is 1. The number of benzene rings is 1. The molecule has 0 spiro atoms. The van der Waals surface area contributed by atoms with Crippen molar-refractivity contribution in [3.63, 3.8) is 0 Å². The standard InChI is InChI=1S/C13H19NO2/c1-4-5-6-10-7-8-11(13(15)16)12(9-10)14(2)3/h7-9H,4-6H2,1-3H3,(H,15,16). The summed E-state index contributed by atoms with van der Waals surface area (Å²) in [4.78, 5) is 12.9. The Balaban J connectivity index is 3.02. The second-order valence-electron chi connectivity index (χ2n) is 4.15. The quantitative estimate of drug-likeness (QED) is 0.831. The molecular formula is C13H19NO2. The van der Waals surface area contributed by atoms with Gasteiger partial charge in [-0.25, -0.2) is 4.79 Å². The average molecular weight is 221 g/mol. The highest BCUT2D eigenvalue weighted by molar-refractivity contribution is 5.94. The minimum atomic E-state index is -0.870. The Morgan fingerprint density at radius 3 is 2.56 bits per heavy atom. The molecule has 0 aliphatic rings. The lowest BCUT2D eigenvalue weighted by Gasteiger charge is -2.16. The van der Waals surface area contributed by atoms with Crippen molar-refractivity contribution in [3.05, 3.63) is 29.3 Å². The van der Waals surface area contributed by atoms with Crippen molar-refractivity contribution in [2.24, 2.45) is 0 Å². The Kier molecular flexibility index (Phi) is 4.35. The molecule has 0 aliphatic heterocycles. The molecule has 0 radical (unpaired) electrons. The van der Waals surface area contributed by atoms with Gasteiger partial charge in [0, 0.05) is 14.1 Å². The first-order valence-corrected chi connectivity index (χ1v) is 5.59. The van der Waals surface area contributed by atoms with E-state index in [0.717, 1.165) is 24.9 Å². The summed E-state index contributed by atoms with van der Waals surface area (Å²) in [7, 11) is 3.73. The smallest absolute Gasteiger partial charge is 0.337 e. The van der Waals surface area contributed by atoms with Crippen LogP contribution in [-0.4, -0.2) is 25.2 Å². The van der Waals surface area contributed by atoms with Crippen LogP contribution in [0.2, 0.25) is 0 Å². The van der Waals surface area contributed by atoms with Crippen LogP contribution in [0.5, 0.6) is 0 Å². The summed E-state index contributed by atoms with van der Waals surface area (Å²) in [5.41, 5.74) is 2.35. The highest BCUT2D eigenvalue weighted by Crippen LogP contribution is 2.21. The molecule has 1 rings (SSSR count). The number of unbranched alkanes of at least 4 members (excludes halogenated alkanes) is 1. The van der Waals surface area contributed by atoms with Crippen LogP contribution in [0.1, 0.15) is 35.7 Å². The molecule has 0 atom stereocenters. The van der Waals surface area contributed by atoms with Gasteiger partial charge in [0.05, 0.1) is 11.3 Å². The Morgan fingerprint density at radius 1 is 1.38 bits per heavy atom. The van der Waals surface area contributed by atoms with Crippen LogP contribution in [0.25, 0.3) is 0 Å². The molecule has 3 heteroatoms. The Labute approximate surface area is 96.7 Å². The third-order valence-electron chi connectivity index (χ3n) is 2.59. The largest absolute Gasteiger partial charge is 0.478 e. The predicted molar refractivity (Wildman–Crippen MR) is 66.3 cm³/mol. The maximum atomic E-state index is 11.0. The summed E-state index contributed by atoms with van der Waals surface area (Å²) < 4.78 is 0. The number of hydrogen-bond acceptors (Lipinski definition) is 2. The highest BCUT2D eigenvalue weighted by atomic mass is 16.4. The van der Waals surface area contributed by atoms with Crippen molar-refractivity contribution in [3.8, 4) is 0 Å². The van der Waals surface area contributed by atoms with E-state index in [1.807, 2.05) is 31.1 Å². The van der Waals surface area contributed by atoms with E-state index >= 15 is 0 Å². The fourth-order valence-corrected chi connectivity index (χ4v) is 1.66. The number of aryl methyl sites for hydroxylation is 1. The monoisotopic (exact) mass is 221 g/mol. The molecule has 1 aromatic rings. The van der Waals surface area contributed by atoms with Gasteiger partial charge in [-0.15, -0.1) is 0 Å². The highest BCUT2D eigenvalue weighted by Gasteiger charge is 2.11. The van der Waals surface area contributed by atoms with E-state index in [1.54, 1.807) is 6.07 Å². The summed E-state index contributed by atoms with van der Waals surface area (Å²) in [6, 6.07) is 5.58. The van der Waals surface area contributed by atoms with Gasteiger partial charge in [0.1, 0.15) is 0 Å². The van der Waals surface area contributed by atoms with Crippen molar-refractivity contribution in [1.82, 2.24) is 0 Å². The van der Waals surface area contributed by atoms with Crippen molar-refractivity contribution in [1.29, 1.82) is 0 Å². The van der Waals surface area contributed by atoms with E-state index in [-0.39, 0.29) is 0 Å². The maximum Gasteiger partial charge on any atom is 0.337 e. The number of anilines is 1. The van der Waals surface area contributed by atoms with Gasteiger partial charge in [0.15, 0.2) is 0 Å². The maximum absolute atomic E-state index is 11.0. The molecule has 0 aromatic heterocycles. The number of carboxylic acid groups (broad SMARTS) is 1. The van der Waals surface area contributed by atoms with E-state index in [2.05, 4.69) is 6.92 Å². The van der Waals surface area contributed by atoms with Crippen molar-refractivity contribution in [2.75, 3.05) is 19.0 Å². The zero-order valence-electron chi connectivity index (χ0n) is 10.2. The summed E-state index contributed by atoms with van der Waals surface area (Å²) >= 11 is 0. The van der Waals surface area contributed by atoms with E-state index in [1.165, 1.54) is 5.56 Å². The van der Waals surface area contributed by atoms with Crippen LogP contribution in [0.4, 0.5) is 5.69 Å². The number of nitrogens with zero attached hydrogens (tertiary/aromatic N) is 1. The van der Waals surface area contributed by atoms with E-state index in [0.29, 0.717) is 5.56 Å². The molecule has 1 aromatic carbocycles. The van der Waals surface area contributed by atoms with E-state index < -0.39 is 5.97 Å². The fourth-order valence-electron chi connectivity index (χ4n) is 1.66. The van der Waals surface area contributed by atoms with Gasteiger partial charge in [-0.3, -0.25) is 0 Å². The molecule has 0 saturated carbocycles. The first kappa shape index (κ1) is 12.6. The molecule has 88 valence electrons. The number of carbonyl (C=O) groups is 1. The lowest BCUT2D eigenvalue weighted by Crippen LogP contribution is -2.14. The summed E-state index contributed by atoms with van der Waals surface area (Å²) in [6.07, 6.45) is 3.30. The van der Waals surface area contributed by atoms with Gasteiger partial charge in [-0.2, -0.15) is 0 Å². The van der Waals surface area contributed by atoms with Crippen molar-refractivity contribution < 1.29 is 9.90 Å². The molecule has 3 nitrogen and oxygen atoms in total. The number of hydrogen-bond donors (Lipinski definition) is 1. The van der Waals surface area contributed by atoms with Crippen LogP contribution in [0.15, 0.2) is 18.2 Å². The van der Waals surface area contributed by atoms with Gasteiger partial charge in [-0.1, -0.05) is 19.4 Å². The molecule has 1 N–H and O–H groups in total. The molecular weight excluding hydrogens is 202 g/mol. The summed E-state index contributed by atoms with van der Waals surface area (Å²) in [6.45, 7) is 2.15. The van der Waals surface area contributed by atoms with Gasteiger partial charge in [-0.05, 0) is 30.5 Å². The van der Waals surface area contributed by atoms with E-state index in [4.69, 9.17) is 5.11 Å². The topological polar surface area (TPSA) is 40.5 Å². The first-order chi connectivity index (χ1) is 7.56. The third kappa shape index (κ3) is 2.99. The van der Waals surface area contributed by atoms with Crippen LogP contribution in [0.3, 0.4) is 0 Å². The second kappa shape index (κ2) is 5.54. The minimum absolute atomic E-state index is 0.366. The second-order valence-corrected chi connectivity index (χ2v) is 4.15. The van der Waals surface area contributed by atoms with Gasteiger partial charge < -0.3 is 10.0 Å². The fraction of sp³-hybridized carbons (Fsp3) is 0.462. The van der Waals surface area contributed by atoms with Gasteiger partial charge >= 0.3 is 5.97 Å². The van der Waals surface area contributed by atoms with Crippen LogP contribution < -0.4 is 4.90 Å². The van der Waals surface area contributed by atoms with Gasteiger partial charge in [0.2, 0.25) is 0 Å². The normalized spacial score (nSPS) is 10.2. The van der Waals surface area contributed by atoms with E-state index in [9.17, 15) is 4.79 Å². The molecule has 0 unspecified atom stereocenters. The van der Waals surface area contributed by atoms with Gasteiger partial charge in [0.25, 0.3) is 0 Å². The number of rotatable bonds is 5. The van der Waals surface area contributed by atoms with Crippen molar-refractivity contribution >= 4 is 11.7 Å². The summed E-state index contributed by atoms with van der Waals surface area (Å²) in [5.74, 6) is -0.870. The minimum Gasteiger partial charge on any atom is -0.478 e. The SMILES string of the molecule is CCCCc1ccc(C(=O)O)c(N(C)C)c1. The molecule has 0 saturated heterocycles. The number of carboxylic acids is 1. The Hall–Kier alpha value is -1.51. The predicted octanol–water partition coefficient (Wildman–Crippen LogP) is 2.79. The third-order valence-corrected chi connectivity index (χ3v) is 2.59. The van der Waals surface area contributed by atoms with Crippen molar-refractivity contribution in [2.45, 2.75) is 26.2 Å². The van der Waals surface area contributed by atoms with Crippen LogP contribution in [-0.2, 0) is 6.42 Å². The van der Waals surface area contributed by atoms with Crippen LogP contribution in [0, 0.1) is 0 Å². The molecule has 0 bridgehead atoms. The average Bonchev–Trinajstić information content (AvgIpc) is 2.25. The summed E-state index contributed by atoms with van der Waals surface area (Å²) in [5, 5.41) is 9.05. The lowest BCUT2D eigenvalue weighted by atomic mass is 10.0. The molecule has 0 heterocycles. The zero-order chi connectivity index (χ0) is 12.1. The first-order valence-electron chi connectivity index (χ1n) is 5.59. The molecule has 0 aliphatic carbocycles. The molecule has 16 heavy (non-hydrogen) atoms. The zero-order valence-corrected chi connectivity index (χ0v) is 10.2.